The first-order valence-electron chi connectivity index (χ1n) is 9.29. The van der Waals surface area contributed by atoms with Gasteiger partial charge in [-0.25, -0.2) is 4.79 Å². The zero-order valence-electron chi connectivity index (χ0n) is 16.8. The fraction of sp³-hybridized carbons (Fsp3) is 0.160. The second-order valence-electron chi connectivity index (χ2n) is 7.56. The molecule has 0 saturated heterocycles. The van der Waals surface area contributed by atoms with Crippen molar-refractivity contribution in [2.45, 2.75) is 26.4 Å². The van der Waals surface area contributed by atoms with E-state index in [1.807, 2.05) is 42.5 Å². The molecule has 148 valence electrons. The van der Waals surface area contributed by atoms with Gasteiger partial charge in [-0.2, -0.15) is 0 Å². The summed E-state index contributed by atoms with van der Waals surface area (Å²) in [4.78, 5) is 11.7. The number of ether oxygens (including phenoxy) is 1. The van der Waals surface area contributed by atoms with Crippen molar-refractivity contribution in [3.05, 3.63) is 84.4 Å². The van der Waals surface area contributed by atoms with Crippen molar-refractivity contribution < 1.29 is 19.7 Å². The van der Waals surface area contributed by atoms with E-state index < -0.39 is 11.6 Å². The Labute approximate surface area is 170 Å². The number of aliphatic hydroxyl groups is 1. The predicted molar refractivity (Wildman–Crippen MR) is 115 cm³/mol. The first-order valence-corrected chi connectivity index (χ1v) is 9.29. The number of hydrogen-bond donors (Lipinski definition) is 2. The van der Waals surface area contributed by atoms with Gasteiger partial charge >= 0.3 is 5.97 Å². The summed E-state index contributed by atoms with van der Waals surface area (Å²) in [7, 11) is 0. The Kier molecular flexibility index (Phi) is 5.57. The molecule has 0 heterocycles. The molecule has 3 rings (SSSR count). The van der Waals surface area contributed by atoms with E-state index in [-0.39, 0.29) is 5.75 Å². The Hall–Kier alpha value is -3.37. The first kappa shape index (κ1) is 20.4. The molecule has 0 spiro atoms. The molecule has 4 nitrogen and oxygen atoms in total. The predicted octanol–water partition coefficient (Wildman–Crippen LogP) is 5.44. The molecule has 0 aromatic heterocycles. The summed E-state index contributed by atoms with van der Waals surface area (Å²) in [5, 5.41) is 20.3. The molecule has 4 heteroatoms. The summed E-state index contributed by atoms with van der Waals surface area (Å²) >= 11 is 0. The molecular weight excluding hydrogens is 364 g/mol. The van der Waals surface area contributed by atoms with Gasteiger partial charge in [-0.05, 0) is 78.9 Å². The fourth-order valence-electron chi connectivity index (χ4n) is 3.03. The number of aromatic hydroxyl groups is 1. The van der Waals surface area contributed by atoms with Gasteiger partial charge < -0.3 is 14.9 Å². The van der Waals surface area contributed by atoms with Crippen LogP contribution in [0.2, 0.25) is 0 Å². The van der Waals surface area contributed by atoms with E-state index in [0.717, 1.165) is 27.8 Å². The normalized spacial score (nSPS) is 11.2. The van der Waals surface area contributed by atoms with Gasteiger partial charge in [-0.15, -0.1) is 0 Å². The zero-order valence-corrected chi connectivity index (χ0v) is 16.8. The van der Waals surface area contributed by atoms with Gasteiger partial charge in [0.05, 0.1) is 5.60 Å². The van der Waals surface area contributed by atoms with Crippen LogP contribution in [0.1, 0.15) is 26.3 Å². The average Bonchev–Trinajstić information content (AvgIpc) is 2.68. The van der Waals surface area contributed by atoms with Crippen LogP contribution in [0.5, 0.6) is 11.5 Å². The van der Waals surface area contributed by atoms with Crippen LogP contribution in [-0.2, 0) is 10.4 Å². The van der Waals surface area contributed by atoms with E-state index in [1.165, 1.54) is 0 Å². The van der Waals surface area contributed by atoms with Crippen LogP contribution >= 0.6 is 0 Å². The molecule has 0 aliphatic heterocycles. The molecule has 29 heavy (non-hydrogen) atoms. The van der Waals surface area contributed by atoms with Crippen molar-refractivity contribution in [3.63, 3.8) is 0 Å². The highest BCUT2D eigenvalue weighted by Crippen LogP contribution is 2.36. The van der Waals surface area contributed by atoms with Crippen LogP contribution in [0.3, 0.4) is 0 Å². The highest BCUT2D eigenvalue weighted by Gasteiger charge is 2.21. The largest absolute Gasteiger partial charge is 0.508 e. The van der Waals surface area contributed by atoms with Crippen LogP contribution < -0.4 is 4.74 Å². The van der Waals surface area contributed by atoms with E-state index >= 15 is 0 Å². The van der Waals surface area contributed by atoms with Crippen molar-refractivity contribution in [1.29, 1.82) is 0 Å². The number of carbonyl (C=O) groups is 1. The Bertz CT molecular complexity index is 1040. The SMILES string of the molecule is C=C(C)C(=O)Oc1ccc(-c2ccc(-c3ccc(O)cc3)c(C(C)(C)O)c2)cc1. The third-order valence-electron chi connectivity index (χ3n) is 4.60. The van der Waals surface area contributed by atoms with Crippen LogP contribution in [0.4, 0.5) is 0 Å². The topological polar surface area (TPSA) is 66.8 Å². The van der Waals surface area contributed by atoms with Gasteiger partial charge in [-0.1, -0.05) is 43.0 Å². The number of phenolic OH excluding ortho intramolecular Hbond substituents is 1. The van der Waals surface area contributed by atoms with Gasteiger partial charge in [-0.3, -0.25) is 0 Å². The third kappa shape index (κ3) is 4.73. The van der Waals surface area contributed by atoms with Crippen LogP contribution in [0.25, 0.3) is 22.3 Å². The average molecular weight is 388 g/mol. The Morgan fingerprint density at radius 3 is 2.00 bits per heavy atom. The summed E-state index contributed by atoms with van der Waals surface area (Å²) in [6.07, 6.45) is 0. The Balaban J connectivity index is 1.97. The van der Waals surface area contributed by atoms with Crippen molar-refractivity contribution in [2.75, 3.05) is 0 Å². The van der Waals surface area contributed by atoms with Gasteiger partial charge in [0.15, 0.2) is 0 Å². The molecule has 0 aliphatic rings. The minimum Gasteiger partial charge on any atom is -0.508 e. The molecule has 0 unspecified atom stereocenters. The number of phenols is 1. The van der Waals surface area contributed by atoms with Crippen molar-refractivity contribution in [1.82, 2.24) is 0 Å². The number of esters is 1. The first-order chi connectivity index (χ1) is 13.6. The third-order valence-corrected chi connectivity index (χ3v) is 4.60. The van der Waals surface area contributed by atoms with Crippen molar-refractivity contribution >= 4 is 5.97 Å². The quantitative estimate of drug-likeness (QED) is 0.347. The molecule has 0 saturated carbocycles. The van der Waals surface area contributed by atoms with Gasteiger partial charge in [0, 0.05) is 5.57 Å². The number of hydrogen-bond acceptors (Lipinski definition) is 4. The minimum absolute atomic E-state index is 0.197. The van der Waals surface area contributed by atoms with Gasteiger partial charge in [0.2, 0.25) is 0 Å². The number of benzene rings is 3. The maximum atomic E-state index is 11.7. The van der Waals surface area contributed by atoms with Crippen LogP contribution in [0, 0.1) is 0 Å². The molecule has 0 aliphatic carbocycles. The van der Waals surface area contributed by atoms with E-state index in [2.05, 4.69) is 6.58 Å². The summed E-state index contributed by atoms with van der Waals surface area (Å²) in [5.74, 6) is 0.188. The highest BCUT2D eigenvalue weighted by molar-refractivity contribution is 5.88. The highest BCUT2D eigenvalue weighted by atomic mass is 16.5. The van der Waals surface area contributed by atoms with E-state index in [9.17, 15) is 15.0 Å². The molecular formula is C25H24O4. The molecule has 3 aromatic carbocycles. The van der Waals surface area contributed by atoms with Crippen molar-refractivity contribution in [2.24, 2.45) is 0 Å². The molecule has 0 radical (unpaired) electrons. The monoisotopic (exact) mass is 388 g/mol. The van der Waals surface area contributed by atoms with Gasteiger partial charge in [0.1, 0.15) is 11.5 Å². The zero-order chi connectivity index (χ0) is 21.2. The summed E-state index contributed by atoms with van der Waals surface area (Å²) in [6.45, 7) is 8.67. The standard InChI is InChI=1S/C25H24O4/c1-16(2)24(27)29-21-12-7-17(8-13-21)19-9-14-22(23(15-19)25(3,4)28)18-5-10-20(26)11-6-18/h5-15,26,28H,1H2,2-4H3. The number of rotatable bonds is 5. The molecule has 0 fully saturated rings. The van der Waals surface area contributed by atoms with Gasteiger partial charge in [0.25, 0.3) is 0 Å². The lowest BCUT2D eigenvalue weighted by Crippen LogP contribution is -2.17. The summed E-state index contributed by atoms with van der Waals surface area (Å²) in [6, 6.07) is 20.0. The molecule has 3 aromatic rings. The lowest BCUT2D eigenvalue weighted by atomic mass is 9.87. The Morgan fingerprint density at radius 1 is 0.897 bits per heavy atom. The molecule has 0 bridgehead atoms. The lowest BCUT2D eigenvalue weighted by Gasteiger charge is -2.23. The smallest absolute Gasteiger partial charge is 0.338 e. The van der Waals surface area contributed by atoms with E-state index in [4.69, 9.17) is 4.74 Å². The van der Waals surface area contributed by atoms with Crippen LogP contribution in [0.15, 0.2) is 78.9 Å². The molecule has 2 N–H and O–H groups in total. The van der Waals surface area contributed by atoms with E-state index in [1.54, 1.807) is 45.0 Å². The molecule has 0 amide bonds. The minimum atomic E-state index is -1.06. The Morgan fingerprint density at radius 2 is 1.45 bits per heavy atom. The lowest BCUT2D eigenvalue weighted by molar-refractivity contribution is -0.130. The fourth-order valence-corrected chi connectivity index (χ4v) is 3.03. The summed E-state index contributed by atoms with van der Waals surface area (Å²) in [5.41, 5.74) is 3.74. The number of carbonyl (C=O) groups excluding carboxylic acids is 1. The van der Waals surface area contributed by atoms with Crippen molar-refractivity contribution in [3.8, 4) is 33.8 Å². The van der Waals surface area contributed by atoms with E-state index in [0.29, 0.717) is 11.3 Å². The molecule has 0 atom stereocenters. The summed E-state index contributed by atoms with van der Waals surface area (Å²) < 4.78 is 5.23. The maximum Gasteiger partial charge on any atom is 0.338 e. The van der Waals surface area contributed by atoms with Crippen LogP contribution in [-0.4, -0.2) is 16.2 Å². The second kappa shape index (κ2) is 7.94. The maximum absolute atomic E-state index is 11.7. The second-order valence-corrected chi connectivity index (χ2v) is 7.56.